The van der Waals surface area contributed by atoms with Crippen LogP contribution in [0.3, 0.4) is 0 Å². The Morgan fingerprint density at radius 2 is 2.25 bits per heavy atom. The molecule has 0 spiro atoms. The summed E-state index contributed by atoms with van der Waals surface area (Å²) in [5, 5.41) is 4.50. The maximum Gasteiger partial charge on any atom is 0.251 e. The molecule has 1 aliphatic rings. The van der Waals surface area contributed by atoms with Crippen LogP contribution >= 0.6 is 27.5 Å². The molecule has 1 amide bonds. The number of amides is 1. The molecule has 1 N–H and O–H groups in total. The van der Waals surface area contributed by atoms with Crippen LogP contribution in [0.5, 0.6) is 0 Å². The molecule has 1 fully saturated rings. The lowest BCUT2D eigenvalue weighted by Crippen LogP contribution is -2.30. The summed E-state index contributed by atoms with van der Waals surface area (Å²) in [5.74, 6) is -0.0466. The predicted octanol–water partition coefficient (Wildman–Crippen LogP) is 3.24. The van der Waals surface area contributed by atoms with E-state index >= 15 is 0 Å². The van der Waals surface area contributed by atoms with Gasteiger partial charge in [0.2, 0.25) is 0 Å². The highest BCUT2D eigenvalue weighted by atomic mass is 79.9. The summed E-state index contributed by atoms with van der Waals surface area (Å²) in [5.41, 5.74) is 0.923. The summed E-state index contributed by atoms with van der Waals surface area (Å²) in [6, 6.07) is 7.01. The van der Waals surface area contributed by atoms with Crippen molar-refractivity contribution in [3.8, 4) is 0 Å². The highest BCUT2D eigenvalue weighted by molar-refractivity contribution is 9.09. The first-order valence-corrected chi connectivity index (χ1v) is 6.75. The van der Waals surface area contributed by atoms with Gasteiger partial charge in [0.25, 0.3) is 5.91 Å². The van der Waals surface area contributed by atoms with Gasteiger partial charge in [0.1, 0.15) is 0 Å². The van der Waals surface area contributed by atoms with Gasteiger partial charge in [0, 0.05) is 22.5 Å². The molecule has 2 nitrogen and oxygen atoms in total. The van der Waals surface area contributed by atoms with Gasteiger partial charge in [-0.3, -0.25) is 4.79 Å². The fraction of sp³-hybridized carbons (Fsp3) is 0.417. The highest BCUT2D eigenvalue weighted by Crippen LogP contribution is 2.46. The zero-order valence-electron chi connectivity index (χ0n) is 8.80. The highest BCUT2D eigenvalue weighted by Gasteiger charge is 2.41. The molecule has 0 heterocycles. The molecule has 0 radical (unpaired) electrons. The third-order valence-electron chi connectivity index (χ3n) is 2.95. The fourth-order valence-electron chi connectivity index (χ4n) is 1.53. The second kappa shape index (κ2) is 4.76. The molecule has 0 atom stereocenters. The minimum absolute atomic E-state index is 0.0466. The number of rotatable bonds is 4. The van der Waals surface area contributed by atoms with Gasteiger partial charge < -0.3 is 5.32 Å². The van der Waals surface area contributed by atoms with Gasteiger partial charge in [-0.2, -0.15) is 0 Å². The summed E-state index contributed by atoms with van der Waals surface area (Å²) in [4.78, 5) is 11.8. The molecular weight excluding hydrogens is 289 g/mol. The van der Waals surface area contributed by atoms with E-state index in [1.165, 1.54) is 12.8 Å². The van der Waals surface area contributed by atoms with Crippen LogP contribution in [0.15, 0.2) is 24.3 Å². The smallest absolute Gasteiger partial charge is 0.251 e. The second-order valence-electron chi connectivity index (χ2n) is 4.33. The maximum absolute atomic E-state index is 11.8. The van der Waals surface area contributed by atoms with E-state index < -0.39 is 0 Å². The first-order chi connectivity index (χ1) is 7.65. The Balaban J connectivity index is 1.93. The van der Waals surface area contributed by atoms with Crippen molar-refractivity contribution in [3.05, 3.63) is 34.9 Å². The molecule has 0 unspecified atom stereocenters. The average molecular weight is 303 g/mol. The summed E-state index contributed by atoms with van der Waals surface area (Å²) < 4.78 is 0. The van der Waals surface area contributed by atoms with Gasteiger partial charge in [-0.15, -0.1) is 0 Å². The SMILES string of the molecule is O=C(NCC1(CBr)CC1)c1cccc(Cl)c1. The Morgan fingerprint density at radius 1 is 1.50 bits per heavy atom. The van der Waals surface area contributed by atoms with E-state index in [1.54, 1.807) is 24.3 Å². The normalized spacial score (nSPS) is 16.9. The number of benzene rings is 1. The number of hydrogen-bond acceptors (Lipinski definition) is 1. The number of carbonyl (C=O) groups excluding carboxylic acids is 1. The summed E-state index contributed by atoms with van der Waals surface area (Å²) in [6.07, 6.45) is 2.38. The molecule has 86 valence electrons. The van der Waals surface area contributed by atoms with Crippen LogP contribution in [0.25, 0.3) is 0 Å². The third-order valence-corrected chi connectivity index (χ3v) is 4.38. The lowest BCUT2D eigenvalue weighted by atomic mass is 10.1. The predicted molar refractivity (Wildman–Crippen MR) is 69.2 cm³/mol. The van der Waals surface area contributed by atoms with E-state index in [9.17, 15) is 4.79 Å². The van der Waals surface area contributed by atoms with Crippen LogP contribution in [0.4, 0.5) is 0 Å². The molecule has 0 saturated heterocycles. The lowest BCUT2D eigenvalue weighted by Gasteiger charge is -2.12. The minimum atomic E-state index is -0.0466. The van der Waals surface area contributed by atoms with Crippen molar-refractivity contribution in [2.75, 3.05) is 11.9 Å². The van der Waals surface area contributed by atoms with Crippen LogP contribution < -0.4 is 5.32 Å². The Hall–Kier alpha value is -0.540. The zero-order chi connectivity index (χ0) is 11.6. The van der Waals surface area contributed by atoms with Crippen LogP contribution in [-0.2, 0) is 0 Å². The Morgan fingerprint density at radius 3 is 2.81 bits per heavy atom. The Bertz CT molecular complexity index is 404. The largest absolute Gasteiger partial charge is 0.351 e. The quantitative estimate of drug-likeness (QED) is 0.850. The molecular formula is C12H13BrClNO. The van der Waals surface area contributed by atoms with E-state index in [-0.39, 0.29) is 5.91 Å². The minimum Gasteiger partial charge on any atom is -0.351 e. The summed E-state index contributed by atoms with van der Waals surface area (Å²) in [7, 11) is 0. The topological polar surface area (TPSA) is 29.1 Å². The van der Waals surface area contributed by atoms with Gasteiger partial charge >= 0.3 is 0 Å². The zero-order valence-corrected chi connectivity index (χ0v) is 11.1. The molecule has 1 aromatic carbocycles. The molecule has 2 rings (SSSR count). The van der Waals surface area contributed by atoms with E-state index in [0.717, 1.165) is 11.9 Å². The first-order valence-electron chi connectivity index (χ1n) is 5.25. The van der Waals surface area contributed by atoms with E-state index in [4.69, 9.17) is 11.6 Å². The van der Waals surface area contributed by atoms with Crippen LogP contribution in [0, 0.1) is 5.41 Å². The van der Waals surface area contributed by atoms with E-state index in [2.05, 4.69) is 21.2 Å². The standard InChI is InChI=1S/C12H13BrClNO/c13-7-12(4-5-12)8-15-11(16)9-2-1-3-10(14)6-9/h1-3,6H,4-5,7-8H2,(H,15,16). The Kier molecular flexibility index (Phi) is 3.55. The number of halogens is 2. The van der Waals surface area contributed by atoms with Crippen molar-refractivity contribution in [1.29, 1.82) is 0 Å². The van der Waals surface area contributed by atoms with E-state index in [1.807, 2.05) is 0 Å². The Labute approximate surface area is 108 Å². The van der Waals surface area contributed by atoms with Gasteiger partial charge in [0.05, 0.1) is 0 Å². The van der Waals surface area contributed by atoms with Crippen LogP contribution in [0.2, 0.25) is 5.02 Å². The average Bonchev–Trinajstić information content (AvgIpc) is 3.07. The van der Waals surface area contributed by atoms with Crippen molar-refractivity contribution in [3.63, 3.8) is 0 Å². The van der Waals surface area contributed by atoms with Crippen molar-refractivity contribution < 1.29 is 4.79 Å². The monoisotopic (exact) mass is 301 g/mol. The molecule has 1 aliphatic carbocycles. The van der Waals surface area contributed by atoms with Gasteiger partial charge in [0.15, 0.2) is 0 Å². The molecule has 4 heteroatoms. The maximum atomic E-state index is 11.8. The first kappa shape index (κ1) is 11.9. The number of carbonyl (C=O) groups is 1. The molecule has 0 aromatic heterocycles. The van der Waals surface area contributed by atoms with Crippen LogP contribution in [-0.4, -0.2) is 17.8 Å². The van der Waals surface area contributed by atoms with Crippen LogP contribution in [0.1, 0.15) is 23.2 Å². The molecule has 1 aromatic rings. The van der Waals surface area contributed by atoms with Gasteiger partial charge in [-0.1, -0.05) is 33.6 Å². The molecule has 0 bridgehead atoms. The van der Waals surface area contributed by atoms with Crippen molar-refractivity contribution in [2.45, 2.75) is 12.8 Å². The lowest BCUT2D eigenvalue weighted by molar-refractivity contribution is 0.0946. The fourth-order valence-corrected chi connectivity index (χ4v) is 2.48. The summed E-state index contributed by atoms with van der Waals surface area (Å²) >= 11 is 9.31. The molecule has 16 heavy (non-hydrogen) atoms. The number of nitrogens with one attached hydrogen (secondary N) is 1. The van der Waals surface area contributed by atoms with E-state index in [0.29, 0.717) is 16.0 Å². The van der Waals surface area contributed by atoms with Crippen molar-refractivity contribution >= 4 is 33.4 Å². The second-order valence-corrected chi connectivity index (χ2v) is 5.32. The van der Waals surface area contributed by atoms with Crippen molar-refractivity contribution in [1.82, 2.24) is 5.32 Å². The van der Waals surface area contributed by atoms with Crippen molar-refractivity contribution in [2.24, 2.45) is 5.41 Å². The number of hydrogen-bond donors (Lipinski definition) is 1. The molecule has 1 saturated carbocycles. The van der Waals surface area contributed by atoms with Gasteiger partial charge in [-0.25, -0.2) is 0 Å². The van der Waals surface area contributed by atoms with Gasteiger partial charge in [-0.05, 0) is 36.5 Å². The molecule has 0 aliphatic heterocycles. The number of alkyl halides is 1. The summed E-state index contributed by atoms with van der Waals surface area (Å²) in [6.45, 7) is 0.740. The third kappa shape index (κ3) is 2.77.